The first-order chi connectivity index (χ1) is 9.74. The van der Waals surface area contributed by atoms with Crippen LogP contribution in [0.1, 0.15) is 43.9 Å². The maximum absolute atomic E-state index is 10.2. The zero-order valence-corrected chi connectivity index (χ0v) is 11.9. The number of benzene rings is 1. The minimum atomic E-state index is -0.384. The lowest BCUT2D eigenvalue weighted by Crippen LogP contribution is -2.17. The van der Waals surface area contributed by atoms with Crippen molar-refractivity contribution in [3.8, 4) is 11.4 Å². The fourth-order valence-electron chi connectivity index (χ4n) is 2.71. The molecule has 0 aliphatic heterocycles. The predicted molar refractivity (Wildman–Crippen MR) is 76.6 cm³/mol. The molecule has 0 amide bonds. The smallest absolute Gasteiger partial charge is 0.232 e. The molecule has 5 heteroatoms. The summed E-state index contributed by atoms with van der Waals surface area (Å²) >= 11 is 5.97. The molecule has 4 nitrogen and oxygen atoms in total. The molecule has 0 saturated heterocycles. The Hall–Kier alpha value is -1.39. The molecule has 2 unspecified atom stereocenters. The predicted octanol–water partition coefficient (Wildman–Crippen LogP) is 3.80. The second-order valence-corrected chi connectivity index (χ2v) is 5.71. The van der Waals surface area contributed by atoms with Crippen LogP contribution in [0.25, 0.3) is 11.4 Å². The summed E-state index contributed by atoms with van der Waals surface area (Å²) in [6.45, 7) is 0. The number of hydrogen-bond donors (Lipinski definition) is 1. The van der Waals surface area contributed by atoms with Gasteiger partial charge in [0.25, 0.3) is 0 Å². The van der Waals surface area contributed by atoms with Crippen molar-refractivity contribution in [1.29, 1.82) is 0 Å². The van der Waals surface area contributed by atoms with E-state index in [0.717, 1.165) is 37.7 Å². The van der Waals surface area contributed by atoms with Crippen molar-refractivity contribution in [2.45, 2.75) is 44.1 Å². The van der Waals surface area contributed by atoms with Crippen LogP contribution in [0.3, 0.4) is 0 Å². The molecule has 0 radical (unpaired) electrons. The average molecular weight is 293 g/mol. The maximum atomic E-state index is 10.2. The van der Waals surface area contributed by atoms with Gasteiger partial charge in [-0.2, -0.15) is 4.98 Å². The Balaban J connectivity index is 1.86. The summed E-state index contributed by atoms with van der Waals surface area (Å²) in [5.41, 5.74) is 0.829. The van der Waals surface area contributed by atoms with Gasteiger partial charge in [-0.15, -0.1) is 0 Å². The summed E-state index contributed by atoms with van der Waals surface area (Å²) in [5.74, 6) is 1.02. The van der Waals surface area contributed by atoms with Gasteiger partial charge in [-0.1, -0.05) is 48.2 Å². The Morgan fingerprint density at radius 2 is 2.05 bits per heavy atom. The number of halogens is 1. The highest BCUT2D eigenvalue weighted by Gasteiger charge is 2.28. The molecule has 1 aromatic heterocycles. The van der Waals surface area contributed by atoms with Gasteiger partial charge in [0.05, 0.1) is 12.0 Å². The van der Waals surface area contributed by atoms with Crippen LogP contribution >= 0.6 is 11.6 Å². The highest BCUT2D eigenvalue weighted by Crippen LogP contribution is 2.32. The summed E-state index contributed by atoms with van der Waals surface area (Å²) in [6.07, 6.45) is 4.63. The van der Waals surface area contributed by atoms with Gasteiger partial charge in [-0.25, -0.2) is 0 Å². The highest BCUT2D eigenvalue weighted by atomic mass is 35.5. The van der Waals surface area contributed by atoms with E-state index in [1.54, 1.807) is 12.1 Å². The van der Waals surface area contributed by atoms with Gasteiger partial charge in [-0.3, -0.25) is 0 Å². The van der Waals surface area contributed by atoms with Crippen molar-refractivity contribution in [3.05, 3.63) is 35.2 Å². The lowest BCUT2D eigenvalue weighted by atomic mass is 9.97. The number of aliphatic hydroxyl groups is 1. The van der Waals surface area contributed by atoms with Crippen molar-refractivity contribution in [1.82, 2.24) is 10.1 Å². The second kappa shape index (κ2) is 5.94. The van der Waals surface area contributed by atoms with Crippen molar-refractivity contribution in [3.63, 3.8) is 0 Å². The van der Waals surface area contributed by atoms with Gasteiger partial charge >= 0.3 is 0 Å². The third-order valence-corrected chi connectivity index (χ3v) is 4.06. The van der Waals surface area contributed by atoms with Crippen LogP contribution in [0.15, 0.2) is 28.8 Å². The lowest BCUT2D eigenvalue weighted by Gasteiger charge is -2.15. The minimum absolute atomic E-state index is 0.0436. The molecule has 1 aliphatic rings. The van der Waals surface area contributed by atoms with E-state index in [1.807, 2.05) is 12.1 Å². The zero-order chi connectivity index (χ0) is 13.9. The van der Waals surface area contributed by atoms with Gasteiger partial charge in [-0.05, 0) is 25.0 Å². The Kier molecular flexibility index (Phi) is 4.03. The zero-order valence-electron chi connectivity index (χ0n) is 11.1. The van der Waals surface area contributed by atoms with E-state index in [1.165, 1.54) is 0 Å². The maximum Gasteiger partial charge on any atom is 0.232 e. The molecule has 1 aromatic carbocycles. The van der Waals surface area contributed by atoms with Crippen LogP contribution in [0.5, 0.6) is 0 Å². The molecular formula is C15H17ClN2O2. The van der Waals surface area contributed by atoms with Gasteiger partial charge in [0.15, 0.2) is 0 Å². The Morgan fingerprint density at radius 1 is 1.20 bits per heavy atom. The number of aliphatic hydroxyl groups excluding tert-OH is 1. The van der Waals surface area contributed by atoms with Crippen molar-refractivity contribution < 1.29 is 9.63 Å². The Morgan fingerprint density at radius 3 is 2.90 bits per heavy atom. The molecule has 3 rings (SSSR count). The van der Waals surface area contributed by atoms with E-state index in [2.05, 4.69) is 10.1 Å². The standard InChI is InChI=1S/C15H17ClN2O2/c16-11-6-4-5-10(9-11)14-17-15(20-18-14)12-7-2-1-3-8-13(12)19/h4-6,9,12-13,19H,1-3,7-8H2. The quantitative estimate of drug-likeness (QED) is 0.855. The summed E-state index contributed by atoms with van der Waals surface area (Å²) in [5, 5.41) is 14.8. The fourth-order valence-corrected chi connectivity index (χ4v) is 2.90. The first-order valence-corrected chi connectivity index (χ1v) is 7.39. The molecule has 2 atom stereocenters. The van der Waals surface area contributed by atoms with Gasteiger partial charge in [0, 0.05) is 10.6 Å². The Labute approximate surface area is 122 Å². The molecule has 0 bridgehead atoms. The minimum Gasteiger partial charge on any atom is -0.392 e. The van der Waals surface area contributed by atoms with Gasteiger partial charge < -0.3 is 9.63 Å². The first kappa shape index (κ1) is 13.6. The second-order valence-electron chi connectivity index (χ2n) is 5.28. The van der Waals surface area contributed by atoms with Crippen molar-refractivity contribution in [2.75, 3.05) is 0 Å². The SMILES string of the molecule is OC1CCCCCC1c1nc(-c2cccc(Cl)c2)no1. The van der Waals surface area contributed by atoms with Crippen LogP contribution < -0.4 is 0 Å². The van der Waals surface area contributed by atoms with Crippen molar-refractivity contribution >= 4 is 11.6 Å². The number of rotatable bonds is 2. The van der Waals surface area contributed by atoms with E-state index in [9.17, 15) is 5.11 Å². The van der Waals surface area contributed by atoms with E-state index in [0.29, 0.717) is 16.7 Å². The summed E-state index contributed by atoms with van der Waals surface area (Å²) in [4.78, 5) is 4.44. The number of hydrogen-bond acceptors (Lipinski definition) is 4. The number of nitrogens with zero attached hydrogens (tertiary/aromatic N) is 2. The fraction of sp³-hybridized carbons (Fsp3) is 0.467. The van der Waals surface area contributed by atoms with Crippen LogP contribution in [0.2, 0.25) is 5.02 Å². The molecule has 106 valence electrons. The number of aromatic nitrogens is 2. The lowest BCUT2D eigenvalue weighted by molar-refractivity contribution is 0.119. The first-order valence-electron chi connectivity index (χ1n) is 7.01. The molecule has 2 aromatic rings. The topological polar surface area (TPSA) is 59.2 Å². The molecule has 1 fully saturated rings. The highest BCUT2D eigenvalue weighted by molar-refractivity contribution is 6.30. The summed E-state index contributed by atoms with van der Waals surface area (Å²) in [6, 6.07) is 7.36. The largest absolute Gasteiger partial charge is 0.392 e. The van der Waals surface area contributed by atoms with E-state index < -0.39 is 0 Å². The average Bonchev–Trinajstić information content (AvgIpc) is 2.82. The van der Waals surface area contributed by atoms with E-state index >= 15 is 0 Å². The Bertz CT molecular complexity index is 585. The molecule has 20 heavy (non-hydrogen) atoms. The molecule has 1 N–H and O–H groups in total. The molecular weight excluding hydrogens is 276 g/mol. The van der Waals surface area contributed by atoms with E-state index in [4.69, 9.17) is 16.1 Å². The molecule has 1 aliphatic carbocycles. The van der Waals surface area contributed by atoms with Crippen molar-refractivity contribution in [2.24, 2.45) is 0 Å². The third kappa shape index (κ3) is 2.86. The molecule has 0 spiro atoms. The van der Waals surface area contributed by atoms with Crippen LogP contribution in [0.4, 0.5) is 0 Å². The molecule has 1 saturated carbocycles. The van der Waals surface area contributed by atoms with Crippen LogP contribution in [-0.2, 0) is 0 Å². The van der Waals surface area contributed by atoms with Crippen LogP contribution in [0, 0.1) is 0 Å². The van der Waals surface area contributed by atoms with Gasteiger partial charge in [0.2, 0.25) is 11.7 Å². The van der Waals surface area contributed by atoms with Crippen LogP contribution in [-0.4, -0.2) is 21.4 Å². The van der Waals surface area contributed by atoms with E-state index in [-0.39, 0.29) is 12.0 Å². The summed E-state index contributed by atoms with van der Waals surface area (Å²) < 4.78 is 5.36. The molecule has 1 heterocycles. The third-order valence-electron chi connectivity index (χ3n) is 3.82. The normalized spacial score (nSPS) is 23.5. The van der Waals surface area contributed by atoms with Gasteiger partial charge in [0.1, 0.15) is 0 Å². The monoisotopic (exact) mass is 292 g/mol. The summed E-state index contributed by atoms with van der Waals surface area (Å²) in [7, 11) is 0.